The maximum atomic E-state index is 9.43. The molecule has 0 amide bonds. The molecule has 2 nitrogen and oxygen atoms in total. The van der Waals surface area contributed by atoms with E-state index in [1.54, 1.807) is 0 Å². The van der Waals surface area contributed by atoms with Gasteiger partial charge in [0, 0.05) is 12.6 Å². The predicted octanol–water partition coefficient (Wildman–Crippen LogP) is 3.92. The lowest BCUT2D eigenvalue weighted by Gasteiger charge is -2.24. The van der Waals surface area contributed by atoms with Crippen LogP contribution in [0.15, 0.2) is 30.3 Å². The second kappa shape index (κ2) is 8.43. The summed E-state index contributed by atoms with van der Waals surface area (Å²) in [5, 5.41) is 13.2. The van der Waals surface area contributed by atoms with Gasteiger partial charge in [0.1, 0.15) is 0 Å². The molecular formula is C18H29NO. The molecule has 1 aromatic carbocycles. The van der Waals surface area contributed by atoms with Gasteiger partial charge < -0.3 is 10.4 Å². The standard InChI is InChI=1S/C18H29NO/c1-2-3-12-18(15-8-5-4-6-9-15)19-13-16-10-7-11-17(16)14-20/h4-6,8-9,16-20H,2-3,7,10-14H2,1H3. The molecule has 0 spiro atoms. The summed E-state index contributed by atoms with van der Waals surface area (Å²) in [4.78, 5) is 0. The van der Waals surface area contributed by atoms with Crippen molar-refractivity contribution in [2.24, 2.45) is 11.8 Å². The molecule has 0 saturated heterocycles. The van der Waals surface area contributed by atoms with Gasteiger partial charge in [-0.05, 0) is 43.2 Å². The normalized spacial score (nSPS) is 23.9. The average Bonchev–Trinajstić information content (AvgIpc) is 2.96. The van der Waals surface area contributed by atoms with Crippen LogP contribution < -0.4 is 5.32 Å². The Kier molecular flexibility index (Phi) is 6.55. The smallest absolute Gasteiger partial charge is 0.0462 e. The van der Waals surface area contributed by atoms with Crippen LogP contribution in [-0.2, 0) is 0 Å². The van der Waals surface area contributed by atoms with Crippen molar-refractivity contribution in [1.29, 1.82) is 0 Å². The zero-order chi connectivity index (χ0) is 14.2. The highest BCUT2D eigenvalue weighted by atomic mass is 16.3. The van der Waals surface area contributed by atoms with Gasteiger partial charge in [-0.15, -0.1) is 0 Å². The van der Waals surface area contributed by atoms with E-state index in [2.05, 4.69) is 42.6 Å². The SMILES string of the molecule is CCCCC(NCC1CCCC1CO)c1ccccc1. The molecule has 1 aliphatic carbocycles. The first-order chi connectivity index (χ1) is 9.85. The highest BCUT2D eigenvalue weighted by Gasteiger charge is 2.26. The molecule has 1 aromatic rings. The molecule has 0 aromatic heterocycles. The first kappa shape index (κ1) is 15.5. The van der Waals surface area contributed by atoms with Crippen molar-refractivity contribution >= 4 is 0 Å². The molecule has 0 heterocycles. The van der Waals surface area contributed by atoms with Crippen molar-refractivity contribution in [3.05, 3.63) is 35.9 Å². The third kappa shape index (κ3) is 4.32. The minimum atomic E-state index is 0.358. The fraction of sp³-hybridized carbons (Fsp3) is 0.667. The molecule has 0 aliphatic heterocycles. The fourth-order valence-electron chi connectivity index (χ4n) is 3.40. The van der Waals surface area contributed by atoms with E-state index in [9.17, 15) is 5.11 Å². The number of hydrogen-bond acceptors (Lipinski definition) is 2. The highest BCUT2D eigenvalue weighted by Crippen LogP contribution is 2.31. The summed E-state index contributed by atoms with van der Waals surface area (Å²) in [5.41, 5.74) is 1.40. The maximum Gasteiger partial charge on any atom is 0.0462 e. The van der Waals surface area contributed by atoms with Crippen LogP contribution in [0.25, 0.3) is 0 Å². The van der Waals surface area contributed by atoms with Crippen LogP contribution >= 0.6 is 0 Å². The third-order valence-corrected chi connectivity index (χ3v) is 4.73. The molecule has 0 bridgehead atoms. The van der Waals surface area contributed by atoms with E-state index in [0.29, 0.717) is 24.5 Å². The zero-order valence-corrected chi connectivity index (χ0v) is 12.7. The molecule has 1 saturated carbocycles. The lowest BCUT2D eigenvalue weighted by Crippen LogP contribution is -2.30. The summed E-state index contributed by atoms with van der Waals surface area (Å²) in [6.07, 6.45) is 7.47. The molecule has 3 unspecified atom stereocenters. The van der Waals surface area contributed by atoms with Crippen molar-refractivity contribution in [2.45, 2.75) is 51.5 Å². The minimum Gasteiger partial charge on any atom is -0.396 e. The van der Waals surface area contributed by atoms with E-state index in [1.165, 1.54) is 44.1 Å². The number of aliphatic hydroxyl groups excluding tert-OH is 1. The Morgan fingerprint density at radius 3 is 2.65 bits per heavy atom. The van der Waals surface area contributed by atoms with Gasteiger partial charge in [-0.3, -0.25) is 0 Å². The minimum absolute atomic E-state index is 0.358. The Bertz CT molecular complexity index is 365. The summed E-state index contributed by atoms with van der Waals surface area (Å²) in [5.74, 6) is 1.18. The van der Waals surface area contributed by atoms with E-state index in [4.69, 9.17) is 0 Å². The predicted molar refractivity (Wildman–Crippen MR) is 84.6 cm³/mol. The molecule has 2 rings (SSSR count). The molecular weight excluding hydrogens is 246 g/mol. The van der Waals surface area contributed by atoms with Crippen molar-refractivity contribution in [3.63, 3.8) is 0 Å². The lowest BCUT2D eigenvalue weighted by atomic mass is 9.95. The lowest BCUT2D eigenvalue weighted by molar-refractivity contribution is 0.189. The Morgan fingerprint density at radius 2 is 1.95 bits per heavy atom. The second-order valence-electron chi connectivity index (χ2n) is 6.15. The fourth-order valence-corrected chi connectivity index (χ4v) is 3.40. The van der Waals surface area contributed by atoms with E-state index in [0.717, 1.165) is 6.54 Å². The number of nitrogens with one attached hydrogen (secondary N) is 1. The number of benzene rings is 1. The van der Waals surface area contributed by atoms with Gasteiger partial charge in [0.2, 0.25) is 0 Å². The van der Waals surface area contributed by atoms with Crippen LogP contribution in [0.5, 0.6) is 0 Å². The molecule has 112 valence electrons. The molecule has 20 heavy (non-hydrogen) atoms. The van der Waals surface area contributed by atoms with Crippen molar-refractivity contribution in [2.75, 3.05) is 13.2 Å². The van der Waals surface area contributed by atoms with Crippen LogP contribution in [0.2, 0.25) is 0 Å². The summed E-state index contributed by atoms with van der Waals surface area (Å²) < 4.78 is 0. The second-order valence-corrected chi connectivity index (χ2v) is 6.15. The summed E-state index contributed by atoms with van der Waals surface area (Å²) >= 11 is 0. The third-order valence-electron chi connectivity index (χ3n) is 4.73. The van der Waals surface area contributed by atoms with Crippen molar-refractivity contribution in [1.82, 2.24) is 5.32 Å². The molecule has 0 radical (unpaired) electrons. The zero-order valence-electron chi connectivity index (χ0n) is 12.7. The van der Waals surface area contributed by atoms with Gasteiger partial charge in [-0.1, -0.05) is 56.5 Å². The summed E-state index contributed by atoms with van der Waals surface area (Å²) in [7, 11) is 0. The largest absolute Gasteiger partial charge is 0.396 e. The van der Waals surface area contributed by atoms with Gasteiger partial charge in [-0.25, -0.2) is 0 Å². The maximum absolute atomic E-state index is 9.43. The molecule has 1 aliphatic rings. The van der Waals surface area contributed by atoms with Gasteiger partial charge in [0.25, 0.3) is 0 Å². The van der Waals surface area contributed by atoms with E-state index >= 15 is 0 Å². The van der Waals surface area contributed by atoms with Crippen LogP contribution in [0.3, 0.4) is 0 Å². The Hall–Kier alpha value is -0.860. The number of unbranched alkanes of at least 4 members (excludes halogenated alkanes) is 1. The van der Waals surface area contributed by atoms with Crippen molar-refractivity contribution < 1.29 is 5.11 Å². The quantitative estimate of drug-likeness (QED) is 0.754. The van der Waals surface area contributed by atoms with Crippen LogP contribution in [0, 0.1) is 11.8 Å². The number of hydrogen-bond donors (Lipinski definition) is 2. The number of aliphatic hydroxyl groups is 1. The van der Waals surface area contributed by atoms with Gasteiger partial charge in [-0.2, -0.15) is 0 Å². The highest BCUT2D eigenvalue weighted by molar-refractivity contribution is 5.18. The molecule has 2 N–H and O–H groups in total. The van der Waals surface area contributed by atoms with E-state index < -0.39 is 0 Å². The van der Waals surface area contributed by atoms with E-state index in [1.807, 2.05) is 0 Å². The van der Waals surface area contributed by atoms with Crippen LogP contribution in [-0.4, -0.2) is 18.3 Å². The molecule has 2 heteroatoms. The van der Waals surface area contributed by atoms with Crippen LogP contribution in [0.4, 0.5) is 0 Å². The topological polar surface area (TPSA) is 32.3 Å². The van der Waals surface area contributed by atoms with Crippen molar-refractivity contribution in [3.8, 4) is 0 Å². The van der Waals surface area contributed by atoms with Gasteiger partial charge in [0.15, 0.2) is 0 Å². The Balaban J connectivity index is 1.90. The molecule has 3 atom stereocenters. The van der Waals surface area contributed by atoms with E-state index in [-0.39, 0.29) is 0 Å². The summed E-state index contributed by atoms with van der Waals surface area (Å²) in [6, 6.07) is 11.3. The van der Waals surface area contributed by atoms with Gasteiger partial charge in [0.05, 0.1) is 0 Å². The van der Waals surface area contributed by atoms with Gasteiger partial charge >= 0.3 is 0 Å². The first-order valence-electron chi connectivity index (χ1n) is 8.24. The monoisotopic (exact) mass is 275 g/mol. The Labute approximate surface area is 123 Å². The average molecular weight is 275 g/mol. The Morgan fingerprint density at radius 1 is 1.20 bits per heavy atom. The number of rotatable bonds is 8. The molecule has 1 fully saturated rings. The van der Waals surface area contributed by atoms with Crippen LogP contribution in [0.1, 0.15) is 57.1 Å². The summed E-state index contributed by atoms with van der Waals surface area (Å²) in [6.45, 7) is 3.66. The first-order valence-corrected chi connectivity index (χ1v) is 8.24.